The van der Waals surface area contributed by atoms with Crippen molar-refractivity contribution in [3.8, 4) is 5.75 Å². The number of hydrogen-bond acceptors (Lipinski definition) is 3. The second-order valence-corrected chi connectivity index (χ2v) is 4.49. The number of hydrogen-bond donors (Lipinski definition) is 1. The van der Waals surface area contributed by atoms with Crippen molar-refractivity contribution in [2.24, 2.45) is 5.73 Å². The first-order valence-corrected chi connectivity index (χ1v) is 6.17. The summed E-state index contributed by atoms with van der Waals surface area (Å²) in [5.41, 5.74) is 7.34. The summed E-state index contributed by atoms with van der Waals surface area (Å²) >= 11 is 11.9. The van der Waals surface area contributed by atoms with Crippen molar-refractivity contribution in [3.05, 3.63) is 57.8 Å². The predicted octanol–water partition coefficient (Wildman–Crippen LogP) is 3.43. The summed E-state index contributed by atoms with van der Waals surface area (Å²) in [6.07, 6.45) is 1.71. The standard InChI is InChI=1S/C13H12Cl2N2O/c14-11-2-1-3-12(13(11)15)18-8-9-4-5-17-10(6-9)7-16/h1-6H,7-8,16H2. The molecule has 2 aromatic rings. The van der Waals surface area contributed by atoms with Gasteiger partial charge < -0.3 is 10.5 Å². The van der Waals surface area contributed by atoms with Gasteiger partial charge >= 0.3 is 0 Å². The molecule has 1 aromatic heterocycles. The summed E-state index contributed by atoms with van der Waals surface area (Å²) in [5, 5.41) is 0.902. The molecule has 0 fully saturated rings. The van der Waals surface area contributed by atoms with Crippen LogP contribution >= 0.6 is 23.2 Å². The predicted molar refractivity (Wildman–Crippen MR) is 72.9 cm³/mol. The Kier molecular flexibility index (Phi) is 4.42. The molecule has 0 radical (unpaired) electrons. The van der Waals surface area contributed by atoms with Crippen molar-refractivity contribution in [1.82, 2.24) is 4.98 Å². The Labute approximate surface area is 115 Å². The number of nitrogens with two attached hydrogens (primary N) is 1. The molecule has 0 atom stereocenters. The number of pyridine rings is 1. The molecule has 1 aromatic carbocycles. The minimum atomic E-state index is 0.398. The molecule has 0 saturated carbocycles. The third-order valence-electron chi connectivity index (χ3n) is 2.40. The smallest absolute Gasteiger partial charge is 0.139 e. The van der Waals surface area contributed by atoms with Crippen molar-refractivity contribution < 1.29 is 4.74 Å². The van der Waals surface area contributed by atoms with E-state index in [1.807, 2.05) is 12.1 Å². The van der Waals surface area contributed by atoms with Crippen LogP contribution < -0.4 is 10.5 Å². The van der Waals surface area contributed by atoms with E-state index in [-0.39, 0.29) is 0 Å². The lowest BCUT2D eigenvalue weighted by Gasteiger charge is -2.09. The SMILES string of the molecule is NCc1cc(COc2cccc(Cl)c2Cl)ccn1. The van der Waals surface area contributed by atoms with E-state index in [4.69, 9.17) is 33.7 Å². The van der Waals surface area contributed by atoms with E-state index in [1.165, 1.54) is 0 Å². The first-order valence-electron chi connectivity index (χ1n) is 5.41. The van der Waals surface area contributed by atoms with Crippen molar-refractivity contribution in [3.63, 3.8) is 0 Å². The molecule has 18 heavy (non-hydrogen) atoms. The average molecular weight is 283 g/mol. The molecule has 0 spiro atoms. The molecule has 0 bridgehead atoms. The molecule has 0 amide bonds. The highest BCUT2D eigenvalue weighted by Gasteiger charge is 2.05. The maximum absolute atomic E-state index is 6.03. The Morgan fingerprint density at radius 1 is 1.22 bits per heavy atom. The van der Waals surface area contributed by atoms with Gasteiger partial charge in [-0.3, -0.25) is 4.98 Å². The molecule has 0 saturated heterocycles. The van der Waals surface area contributed by atoms with Crippen LogP contribution in [0.1, 0.15) is 11.3 Å². The number of aromatic nitrogens is 1. The largest absolute Gasteiger partial charge is 0.487 e. The van der Waals surface area contributed by atoms with E-state index in [1.54, 1.807) is 24.4 Å². The van der Waals surface area contributed by atoms with Gasteiger partial charge in [-0.05, 0) is 29.8 Å². The second-order valence-electron chi connectivity index (χ2n) is 3.70. The Morgan fingerprint density at radius 3 is 2.83 bits per heavy atom. The second kappa shape index (κ2) is 6.05. The van der Waals surface area contributed by atoms with E-state index in [2.05, 4.69) is 4.98 Å². The van der Waals surface area contributed by atoms with Crippen LogP contribution in [-0.4, -0.2) is 4.98 Å². The Hall–Kier alpha value is -1.29. The minimum absolute atomic E-state index is 0.398. The van der Waals surface area contributed by atoms with Crippen molar-refractivity contribution in [2.75, 3.05) is 0 Å². The number of benzene rings is 1. The molecule has 2 rings (SSSR count). The molecule has 5 heteroatoms. The Bertz CT molecular complexity index is 546. The molecule has 1 heterocycles. The van der Waals surface area contributed by atoms with Crippen molar-refractivity contribution in [2.45, 2.75) is 13.2 Å². The zero-order chi connectivity index (χ0) is 13.0. The lowest BCUT2D eigenvalue weighted by Crippen LogP contribution is -2.02. The van der Waals surface area contributed by atoms with Crippen LogP contribution in [0.2, 0.25) is 10.0 Å². The van der Waals surface area contributed by atoms with Gasteiger partial charge in [-0.1, -0.05) is 29.3 Å². The first-order chi connectivity index (χ1) is 8.70. The third-order valence-corrected chi connectivity index (χ3v) is 3.20. The van der Waals surface area contributed by atoms with E-state index in [0.717, 1.165) is 11.3 Å². The molecule has 3 nitrogen and oxygen atoms in total. The summed E-state index contributed by atoms with van der Waals surface area (Å²) in [7, 11) is 0. The maximum atomic E-state index is 6.03. The lowest BCUT2D eigenvalue weighted by molar-refractivity contribution is 0.306. The van der Waals surface area contributed by atoms with Crippen LogP contribution in [0.4, 0.5) is 0 Å². The van der Waals surface area contributed by atoms with E-state index in [0.29, 0.717) is 28.9 Å². The summed E-state index contributed by atoms with van der Waals surface area (Å²) < 4.78 is 5.62. The average Bonchev–Trinajstić information content (AvgIpc) is 2.41. The van der Waals surface area contributed by atoms with Gasteiger partial charge in [0.05, 0.1) is 10.7 Å². The summed E-state index contributed by atoms with van der Waals surface area (Å²) in [6.45, 7) is 0.807. The molecule has 0 aliphatic rings. The van der Waals surface area contributed by atoms with Crippen LogP contribution in [0.15, 0.2) is 36.5 Å². The minimum Gasteiger partial charge on any atom is -0.487 e. The maximum Gasteiger partial charge on any atom is 0.139 e. The fourth-order valence-electron chi connectivity index (χ4n) is 1.49. The summed E-state index contributed by atoms with van der Waals surface area (Å²) in [4.78, 5) is 4.12. The van der Waals surface area contributed by atoms with Gasteiger partial charge in [0, 0.05) is 12.7 Å². The van der Waals surface area contributed by atoms with Crippen LogP contribution in [0, 0.1) is 0 Å². The zero-order valence-electron chi connectivity index (χ0n) is 9.57. The zero-order valence-corrected chi connectivity index (χ0v) is 11.1. The van der Waals surface area contributed by atoms with Crippen LogP contribution in [0.25, 0.3) is 0 Å². The van der Waals surface area contributed by atoms with Gasteiger partial charge in [-0.15, -0.1) is 0 Å². The third kappa shape index (κ3) is 3.13. The first kappa shape index (κ1) is 13.1. The Morgan fingerprint density at radius 2 is 2.06 bits per heavy atom. The normalized spacial score (nSPS) is 10.4. The number of nitrogens with zero attached hydrogens (tertiary/aromatic N) is 1. The quantitative estimate of drug-likeness (QED) is 0.935. The van der Waals surface area contributed by atoms with Crippen LogP contribution in [-0.2, 0) is 13.2 Å². The lowest BCUT2D eigenvalue weighted by atomic mass is 10.2. The molecule has 2 N–H and O–H groups in total. The number of rotatable bonds is 4. The summed E-state index contributed by atoms with van der Waals surface area (Å²) in [6, 6.07) is 9.06. The molecule has 0 unspecified atom stereocenters. The fraction of sp³-hybridized carbons (Fsp3) is 0.154. The van der Waals surface area contributed by atoms with Crippen LogP contribution in [0.3, 0.4) is 0 Å². The van der Waals surface area contributed by atoms with Gasteiger partial charge in [0.2, 0.25) is 0 Å². The van der Waals surface area contributed by atoms with Crippen molar-refractivity contribution in [1.29, 1.82) is 0 Å². The highest BCUT2D eigenvalue weighted by molar-refractivity contribution is 6.42. The van der Waals surface area contributed by atoms with E-state index in [9.17, 15) is 0 Å². The molecular weight excluding hydrogens is 271 g/mol. The number of ether oxygens (including phenoxy) is 1. The number of halogens is 2. The highest BCUT2D eigenvalue weighted by Crippen LogP contribution is 2.31. The topological polar surface area (TPSA) is 48.1 Å². The van der Waals surface area contributed by atoms with E-state index >= 15 is 0 Å². The summed E-state index contributed by atoms with van der Waals surface area (Å²) in [5.74, 6) is 0.565. The van der Waals surface area contributed by atoms with Gasteiger partial charge in [-0.2, -0.15) is 0 Å². The molecule has 0 aliphatic heterocycles. The van der Waals surface area contributed by atoms with Gasteiger partial charge in [0.15, 0.2) is 0 Å². The fourth-order valence-corrected chi connectivity index (χ4v) is 1.83. The van der Waals surface area contributed by atoms with E-state index < -0.39 is 0 Å². The van der Waals surface area contributed by atoms with Gasteiger partial charge in [-0.25, -0.2) is 0 Å². The van der Waals surface area contributed by atoms with Gasteiger partial charge in [0.1, 0.15) is 17.4 Å². The van der Waals surface area contributed by atoms with Crippen LogP contribution in [0.5, 0.6) is 5.75 Å². The highest BCUT2D eigenvalue weighted by atomic mass is 35.5. The monoisotopic (exact) mass is 282 g/mol. The van der Waals surface area contributed by atoms with Gasteiger partial charge in [0.25, 0.3) is 0 Å². The Balaban J connectivity index is 2.09. The molecule has 0 aliphatic carbocycles. The molecule has 94 valence electrons. The molecular formula is C13H12Cl2N2O. The van der Waals surface area contributed by atoms with Crippen molar-refractivity contribution >= 4 is 23.2 Å².